The summed E-state index contributed by atoms with van der Waals surface area (Å²) >= 11 is 0. The molecule has 1 aliphatic carbocycles. The van der Waals surface area contributed by atoms with Crippen LogP contribution in [0.5, 0.6) is 0 Å². The largest absolute Gasteiger partial charge is 0.480 e. The molecular weight excluding hydrogens is 666 g/mol. The van der Waals surface area contributed by atoms with Gasteiger partial charge in [-0.25, -0.2) is 19.2 Å². The molecule has 3 aromatic carbocycles. The van der Waals surface area contributed by atoms with E-state index in [0.29, 0.717) is 5.56 Å². The van der Waals surface area contributed by atoms with E-state index in [1.54, 1.807) is 53.7 Å². The third kappa shape index (κ3) is 12.0. The molecule has 3 amide bonds. The van der Waals surface area contributed by atoms with Crippen molar-refractivity contribution in [3.63, 3.8) is 0 Å². The van der Waals surface area contributed by atoms with Gasteiger partial charge in [0.05, 0.1) is 19.3 Å². The molecule has 0 radical (unpaired) electrons. The molecule has 3 N–H and O–H groups in total. The summed E-state index contributed by atoms with van der Waals surface area (Å²) in [6, 6.07) is 23.6. The number of aliphatic carboxylic acids is 1. The predicted octanol–water partition coefficient (Wildman–Crippen LogP) is 7.11. The number of amides is 3. The Hall–Kier alpha value is -5.10. The first-order valence-electron chi connectivity index (χ1n) is 17.5. The highest BCUT2D eigenvalue weighted by molar-refractivity contribution is 5.81. The van der Waals surface area contributed by atoms with Crippen LogP contribution in [0.15, 0.2) is 78.9 Å². The topological polar surface area (TPSA) is 153 Å². The molecule has 1 atom stereocenters. The second-order valence-electron chi connectivity index (χ2n) is 14.7. The number of nitrogens with one attached hydrogen (secondary N) is 2. The molecule has 0 bridgehead atoms. The monoisotopic (exact) mass is 717 g/mol. The van der Waals surface area contributed by atoms with Gasteiger partial charge in [0.1, 0.15) is 17.8 Å². The third-order valence-corrected chi connectivity index (χ3v) is 8.19. The Morgan fingerprint density at radius 2 is 1.21 bits per heavy atom. The number of carboxylic acid groups (broad SMARTS) is 1. The van der Waals surface area contributed by atoms with E-state index >= 15 is 0 Å². The minimum atomic E-state index is -1.42. The van der Waals surface area contributed by atoms with Crippen LogP contribution >= 0.6 is 0 Å². The molecule has 1 aliphatic rings. The van der Waals surface area contributed by atoms with E-state index in [2.05, 4.69) is 10.6 Å². The lowest BCUT2D eigenvalue weighted by atomic mass is 9.98. The van der Waals surface area contributed by atoms with Crippen LogP contribution in [-0.4, -0.2) is 83.9 Å². The number of carboxylic acids is 1. The molecule has 0 fully saturated rings. The van der Waals surface area contributed by atoms with Crippen LogP contribution in [-0.2, 0) is 30.3 Å². The summed E-state index contributed by atoms with van der Waals surface area (Å²) in [7, 11) is 0. The first-order chi connectivity index (χ1) is 24.6. The summed E-state index contributed by atoms with van der Waals surface area (Å²) in [5.41, 5.74) is 3.55. The van der Waals surface area contributed by atoms with Crippen molar-refractivity contribution in [3.05, 3.63) is 95.6 Å². The van der Waals surface area contributed by atoms with Crippen LogP contribution < -0.4 is 10.6 Å². The van der Waals surface area contributed by atoms with Gasteiger partial charge in [0, 0.05) is 19.0 Å². The summed E-state index contributed by atoms with van der Waals surface area (Å²) in [4.78, 5) is 52.5. The SMILES string of the molecule is CC(C)(C)OC(=O)NCCC(CCNC(=O)OC(C)(C)C)OC[C@@H](C(=O)O)N(Cc1ccccc1)C(=O)OCC1c2ccccc2-c2ccccc21. The molecule has 0 spiro atoms. The smallest absolute Gasteiger partial charge is 0.410 e. The van der Waals surface area contributed by atoms with Gasteiger partial charge in [0.2, 0.25) is 0 Å². The van der Waals surface area contributed by atoms with E-state index in [1.807, 2.05) is 66.7 Å². The summed E-state index contributed by atoms with van der Waals surface area (Å²) in [6.45, 7) is 10.4. The van der Waals surface area contributed by atoms with Crippen molar-refractivity contribution in [1.82, 2.24) is 15.5 Å². The maximum absolute atomic E-state index is 13.9. The quantitative estimate of drug-likeness (QED) is 0.140. The average Bonchev–Trinajstić information content (AvgIpc) is 3.38. The Kier molecular flexibility index (Phi) is 13.7. The van der Waals surface area contributed by atoms with Crippen molar-refractivity contribution in [1.29, 1.82) is 0 Å². The Bertz CT molecular complexity index is 1590. The molecular formula is C40H51N3O9. The van der Waals surface area contributed by atoms with Crippen molar-refractivity contribution < 1.29 is 43.2 Å². The maximum atomic E-state index is 13.9. The van der Waals surface area contributed by atoms with Crippen molar-refractivity contribution in [3.8, 4) is 11.1 Å². The number of fused-ring (bicyclic) bond motifs is 3. The molecule has 4 rings (SSSR count). The zero-order chi connectivity index (χ0) is 37.9. The van der Waals surface area contributed by atoms with E-state index in [1.165, 1.54) is 4.90 Å². The lowest BCUT2D eigenvalue weighted by molar-refractivity contribution is -0.146. The number of rotatable bonds is 15. The second kappa shape index (κ2) is 17.9. The van der Waals surface area contributed by atoms with Crippen molar-refractivity contribution in [2.75, 3.05) is 26.3 Å². The highest BCUT2D eigenvalue weighted by Crippen LogP contribution is 2.44. The van der Waals surface area contributed by atoms with Gasteiger partial charge in [-0.2, -0.15) is 0 Å². The predicted molar refractivity (Wildman–Crippen MR) is 196 cm³/mol. The third-order valence-electron chi connectivity index (χ3n) is 8.19. The first-order valence-corrected chi connectivity index (χ1v) is 17.5. The number of nitrogens with zero attached hydrogens (tertiary/aromatic N) is 1. The maximum Gasteiger partial charge on any atom is 0.410 e. The zero-order valence-electron chi connectivity index (χ0n) is 30.8. The van der Waals surface area contributed by atoms with Crippen molar-refractivity contribution in [2.45, 2.75) is 90.2 Å². The van der Waals surface area contributed by atoms with Crippen LogP contribution in [0.25, 0.3) is 11.1 Å². The standard InChI is InChI=1S/C40H51N3O9/c1-39(2,3)51-36(46)41-22-20-28(21-23-42-37(47)52-40(4,5)6)49-26-34(35(44)45)43(24-27-14-8-7-9-15-27)38(48)50-25-33-31-18-12-10-16-29(31)30-17-11-13-19-32(30)33/h7-19,28,33-34H,20-26H2,1-6H3,(H,41,46)(H,42,47)(H,44,45)/t34-/m0/s1. The highest BCUT2D eigenvalue weighted by atomic mass is 16.6. The van der Waals surface area contributed by atoms with Crippen LogP contribution in [0.2, 0.25) is 0 Å². The summed E-state index contributed by atoms with van der Waals surface area (Å²) in [6.07, 6.45) is -2.09. The molecule has 0 heterocycles. The van der Waals surface area contributed by atoms with E-state index in [4.69, 9.17) is 18.9 Å². The van der Waals surface area contributed by atoms with Crippen LogP contribution in [0.4, 0.5) is 14.4 Å². The van der Waals surface area contributed by atoms with Crippen LogP contribution in [0, 0.1) is 0 Å². The zero-order valence-corrected chi connectivity index (χ0v) is 30.8. The van der Waals surface area contributed by atoms with Gasteiger partial charge in [0.25, 0.3) is 0 Å². The molecule has 0 saturated heterocycles. The van der Waals surface area contributed by atoms with Gasteiger partial charge < -0.3 is 34.7 Å². The molecule has 0 aromatic heterocycles. The lowest BCUT2D eigenvalue weighted by Crippen LogP contribution is -2.48. The molecule has 0 aliphatic heterocycles. The Labute approximate surface area is 305 Å². The van der Waals surface area contributed by atoms with E-state index in [-0.39, 0.29) is 51.6 Å². The molecule has 12 heteroatoms. The van der Waals surface area contributed by atoms with Gasteiger partial charge in [-0.1, -0.05) is 78.9 Å². The average molecular weight is 718 g/mol. The lowest BCUT2D eigenvalue weighted by Gasteiger charge is -2.30. The number of benzene rings is 3. The number of hydrogen-bond acceptors (Lipinski definition) is 8. The highest BCUT2D eigenvalue weighted by Gasteiger charge is 2.35. The van der Waals surface area contributed by atoms with Crippen LogP contribution in [0.1, 0.15) is 77.0 Å². The Balaban J connectivity index is 1.49. The number of ether oxygens (including phenoxy) is 4. The molecule has 3 aromatic rings. The van der Waals surface area contributed by atoms with Crippen LogP contribution in [0.3, 0.4) is 0 Å². The van der Waals surface area contributed by atoms with Gasteiger partial charge in [-0.15, -0.1) is 0 Å². The van der Waals surface area contributed by atoms with Gasteiger partial charge in [0.15, 0.2) is 6.04 Å². The van der Waals surface area contributed by atoms with Crippen molar-refractivity contribution >= 4 is 24.2 Å². The van der Waals surface area contributed by atoms with Gasteiger partial charge >= 0.3 is 24.2 Å². The minimum Gasteiger partial charge on any atom is -0.480 e. The molecule has 0 unspecified atom stereocenters. The van der Waals surface area contributed by atoms with E-state index in [0.717, 1.165) is 22.3 Å². The van der Waals surface area contributed by atoms with E-state index in [9.17, 15) is 24.3 Å². The van der Waals surface area contributed by atoms with Gasteiger partial charge in [-0.05, 0) is 82.2 Å². The number of hydrogen-bond donors (Lipinski definition) is 3. The fourth-order valence-electron chi connectivity index (χ4n) is 5.89. The summed E-state index contributed by atoms with van der Waals surface area (Å²) in [5.74, 6) is -1.49. The fraction of sp³-hybridized carbons (Fsp3) is 0.450. The summed E-state index contributed by atoms with van der Waals surface area (Å²) in [5, 5.41) is 15.8. The molecule has 0 saturated carbocycles. The number of carbonyl (C=O) groups is 4. The second-order valence-corrected chi connectivity index (χ2v) is 14.7. The number of carbonyl (C=O) groups excluding carboxylic acids is 3. The van der Waals surface area contributed by atoms with Crippen molar-refractivity contribution in [2.24, 2.45) is 0 Å². The molecule has 52 heavy (non-hydrogen) atoms. The minimum absolute atomic E-state index is 0.0145. The fourth-order valence-corrected chi connectivity index (χ4v) is 5.89. The summed E-state index contributed by atoms with van der Waals surface area (Å²) < 4.78 is 22.7. The van der Waals surface area contributed by atoms with Gasteiger partial charge in [-0.3, -0.25) is 4.90 Å². The molecule has 12 nitrogen and oxygen atoms in total. The Morgan fingerprint density at radius 3 is 1.69 bits per heavy atom. The first kappa shape index (κ1) is 39.7. The number of alkyl carbamates (subject to hydrolysis) is 2. The van der Waals surface area contributed by atoms with E-state index < -0.39 is 47.6 Å². The normalized spacial score (nSPS) is 13.1. The Morgan fingerprint density at radius 1 is 0.731 bits per heavy atom. The molecule has 280 valence electrons.